The van der Waals surface area contributed by atoms with Crippen molar-refractivity contribution in [3.63, 3.8) is 0 Å². The summed E-state index contributed by atoms with van der Waals surface area (Å²) in [4.78, 5) is 30.9. The SMILES string of the molecule is CC1(C)OCC=C[C@H](OC(=O)NCCN2CCOCC2)[C@@H]2CC[C@H]2CN2C[C@@]3(CCCc4cc(Cl)ccc43)COc3ccc(cc32)S(=O)(=O)NC1=O. The molecule has 0 radical (unpaired) electrons. The highest BCUT2D eigenvalue weighted by Gasteiger charge is 2.45. The molecule has 1 spiro atoms. The van der Waals surface area contributed by atoms with E-state index in [0.717, 1.165) is 45.2 Å². The van der Waals surface area contributed by atoms with E-state index in [2.05, 4.69) is 25.9 Å². The van der Waals surface area contributed by atoms with Crippen LogP contribution in [0, 0.1) is 11.8 Å². The van der Waals surface area contributed by atoms with Crippen molar-refractivity contribution in [1.29, 1.82) is 0 Å². The molecule has 2 fully saturated rings. The molecule has 14 heteroatoms. The average Bonchev–Trinajstić information content (AvgIpc) is 3.25. The largest absolute Gasteiger partial charge is 0.490 e. The molecule has 282 valence electrons. The van der Waals surface area contributed by atoms with Crippen LogP contribution in [0.15, 0.2) is 53.4 Å². The Hall–Kier alpha value is -3.36. The van der Waals surface area contributed by atoms with Gasteiger partial charge in [0.05, 0.1) is 37.0 Å². The second-order valence-corrected chi connectivity index (χ2v) is 17.3. The van der Waals surface area contributed by atoms with Crippen LogP contribution in [0.2, 0.25) is 5.02 Å². The fourth-order valence-corrected chi connectivity index (χ4v) is 9.51. The minimum Gasteiger partial charge on any atom is -0.490 e. The molecule has 3 aliphatic heterocycles. The van der Waals surface area contributed by atoms with Gasteiger partial charge in [0.1, 0.15) is 17.5 Å². The number of halogens is 1. The van der Waals surface area contributed by atoms with Crippen LogP contribution in [0.5, 0.6) is 5.75 Å². The number of morpholine rings is 1. The van der Waals surface area contributed by atoms with Crippen molar-refractivity contribution in [1.82, 2.24) is 14.9 Å². The minimum absolute atomic E-state index is 0.0124. The monoisotopic (exact) mass is 756 g/mol. The first kappa shape index (κ1) is 37.0. The van der Waals surface area contributed by atoms with E-state index in [1.165, 1.54) is 31.0 Å². The molecule has 0 unspecified atom stereocenters. The van der Waals surface area contributed by atoms with Gasteiger partial charge in [-0.2, -0.15) is 0 Å². The molecule has 7 rings (SSSR count). The topological polar surface area (TPSA) is 136 Å². The van der Waals surface area contributed by atoms with Crippen molar-refractivity contribution in [2.24, 2.45) is 11.8 Å². The van der Waals surface area contributed by atoms with Gasteiger partial charge in [0.2, 0.25) is 0 Å². The normalized spacial score (nSPS) is 28.6. The van der Waals surface area contributed by atoms with Crippen LogP contribution in [-0.4, -0.2) is 103 Å². The third kappa shape index (κ3) is 7.94. The van der Waals surface area contributed by atoms with Gasteiger partial charge in [-0.3, -0.25) is 9.69 Å². The molecule has 2 amide bonds. The molecule has 12 nitrogen and oxygen atoms in total. The van der Waals surface area contributed by atoms with Gasteiger partial charge in [-0.1, -0.05) is 23.7 Å². The Morgan fingerprint density at radius 2 is 1.96 bits per heavy atom. The summed E-state index contributed by atoms with van der Waals surface area (Å²) in [5.41, 5.74) is 1.23. The highest BCUT2D eigenvalue weighted by Crippen LogP contribution is 2.47. The second kappa shape index (κ2) is 15.2. The van der Waals surface area contributed by atoms with E-state index in [4.69, 9.17) is 30.5 Å². The number of benzene rings is 2. The molecule has 1 saturated heterocycles. The fraction of sp³-hybridized carbons (Fsp3) is 0.579. The molecule has 1 saturated carbocycles. The third-order valence-corrected chi connectivity index (χ3v) is 12.9. The molecule has 5 aliphatic rings. The lowest BCUT2D eigenvalue weighted by molar-refractivity contribution is -0.139. The fourth-order valence-electron chi connectivity index (χ4n) is 8.19. The number of nitrogens with one attached hydrogen (secondary N) is 2. The molecular formula is C38H49ClN4O8S. The van der Waals surface area contributed by atoms with Gasteiger partial charge < -0.3 is 29.2 Å². The highest BCUT2D eigenvalue weighted by atomic mass is 35.5. The Morgan fingerprint density at radius 1 is 1.13 bits per heavy atom. The summed E-state index contributed by atoms with van der Waals surface area (Å²) < 4.78 is 53.5. The lowest BCUT2D eigenvalue weighted by Crippen LogP contribution is -2.50. The van der Waals surface area contributed by atoms with E-state index < -0.39 is 33.7 Å². The summed E-state index contributed by atoms with van der Waals surface area (Å²) in [6, 6.07) is 10.9. The van der Waals surface area contributed by atoms with E-state index in [1.54, 1.807) is 18.2 Å². The zero-order valence-corrected chi connectivity index (χ0v) is 31.5. The number of sulfonamides is 1. The predicted molar refractivity (Wildman–Crippen MR) is 196 cm³/mol. The maximum atomic E-state index is 13.7. The molecule has 2 aliphatic carbocycles. The quantitative estimate of drug-likeness (QED) is 0.432. The number of carbonyl (C=O) groups is 2. The van der Waals surface area contributed by atoms with Crippen LogP contribution in [0.1, 0.15) is 50.7 Å². The molecule has 2 N–H and O–H groups in total. The van der Waals surface area contributed by atoms with Gasteiger partial charge in [0.25, 0.3) is 15.9 Å². The van der Waals surface area contributed by atoms with E-state index in [0.29, 0.717) is 62.5 Å². The standard InChI is InChI=1S/C38H49ClN4O8S/c1-37(2)35(44)41-52(46,47)29-9-12-34-32(22-29)43(24-38(25-49-34)13-3-5-26-21-28(39)8-11-31(26)38)23-27-7-10-30(27)33(6-4-18-50-37)51-36(45)40-14-15-42-16-19-48-20-17-42/h4,6,8-9,11-12,21-22,27,30,33H,3,5,7,10,13-20,23-25H2,1-2H3,(H,40,45)(H,41,44)/t27-,30+,33-,38-/m0/s1. The van der Waals surface area contributed by atoms with Gasteiger partial charge >= 0.3 is 6.09 Å². The van der Waals surface area contributed by atoms with Crippen LogP contribution in [0.4, 0.5) is 10.5 Å². The van der Waals surface area contributed by atoms with Crippen molar-refractivity contribution in [2.75, 3.05) is 70.6 Å². The van der Waals surface area contributed by atoms with Crippen LogP contribution in [0.25, 0.3) is 0 Å². The Bertz CT molecular complexity index is 1800. The van der Waals surface area contributed by atoms with Crippen LogP contribution in [0.3, 0.4) is 0 Å². The Balaban J connectivity index is 1.20. The van der Waals surface area contributed by atoms with E-state index >= 15 is 0 Å². The summed E-state index contributed by atoms with van der Waals surface area (Å²) in [6.45, 7) is 8.88. The summed E-state index contributed by atoms with van der Waals surface area (Å²) >= 11 is 6.44. The molecule has 2 aromatic rings. The molecule has 4 atom stereocenters. The lowest BCUT2D eigenvalue weighted by atomic mass is 9.68. The number of ether oxygens (including phenoxy) is 4. The smallest absolute Gasteiger partial charge is 0.407 e. The maximum absolute atomic E-state index is 13.7. The molecule has 0 aromatic heterocycles. The first-order valence-corrected chi connectivity index (χ1v) is 20.2. The number of aryl methyl sites for hydroxylation is 1. The molecule has 2 aromatic carbocycles. The third-order valence-electron chi connectivity index (χ3n) is 11.4. The molecule has 2 bridgehead atoms. The zero-order chi connectivity index (χ0) is 36.5. The average molecular weight is 757 g/mol. The number of anilines is 1. The van der Waals surface area contributed by atoms with Crippen molar-refractivity contribution in [3.8, 4) is 5.75 Å². The molecule has 3 heterocycles. The zero-order valence-electron chi connectivity index (χ0n) is 29.9. The van der Waals surface area contributed by atoms with Crippen molar-refractivity contribution >= 4 is 39.3 Å². The Kier molecular flexibility index (Phi) is 10.8. The number of hydrogen-bond donors (Lipinski definition) is 2. The van der Waals surface area contributed by atoms with Crippen molar-refractivity contribution < 1.29 is 37.0 Å². The summed E-state index contributed by atoms with van der Waals surface area (Å²) in [7, 11) is -4.25. The van der Waals surface area contributed by atoms with Gasteiger partial charge in [-0.05, 0) is 99.4 Å². The number of fused-ring (bicyclic) bond motifs is 4. The minimum atomic E-state index is -4.25. The first-order valence-electron chi connectivity index (χ1n) is 18.4. The molecule has 52 heavy (non-hydrogen) atoms. The van der Waals surface area contributed by atoms with Crippen LogP contribution < -0.4 is 19.7 Å². The van der Waals surface area contributed by atoms with Crippen molar-refractivity contribution in [3.05, 3.63) is 64.7 Å². The number of nitrogens with zero attached hydrogens (tertiary/aromatic N) is 2. The Morgan fingerprint density at radius 3 is 2.75 bits per heavy atom. The van der Waals surface area contributed by atoms with E-state index in [1.807, 2.05) is 18.2 Å². The maximum Gasteiger partial charge on any atom is 0.407 e. The van der Waals surface area contributed by atoms with Crippen LogP contribution in [-0.2, 0) is 40.9 Å². The number of amides is 2. The van der Waals surface area contributed by atoms with Crippen molar-refractivity contribution in [2.45, 2.75) is 68.0 Å². The van der Waals surface area contributed by atoms with E-state index in [-0.39, 0.29) is 28.8 Å². The number of rotatable bonds is 4. The number of alkyl carbamates (subject to hydrolysis) is 1. The van der Waals surface area contributed by atoms with Gasteiger partial charge in [0.15, 0.2) is 0 Å². The number of carbonyl (C=O) groups excluding carboxylic acids is 2. The Labute approximate surface area is 311 Å². The van der Waals surface area contributed by atoms with Gasteiger partial charge in [0, 0.05) is 55.6 Å². The predicted octanol–water partition coefficient (Wildman–Crippen LogP) is 4.44. The summed E-state index contributed by atoms with van der Waals surface area (Å²) in [5, 5.41) is 3.63. The summed E-state index contributed by atoms with van der Waals surface area (Å²) in [5.74, 6) is -0.0640. The van der Waals surface area contributed by atoms with Gasteiger partial charge in [-0.15, -0.1) is 0 Å². The molecular weight excluding hydrogens is 708 g/mol. The lowest BCUT2D eigenvalue weighted by Gasteiger charge is -2.46. The first-order chi connectivity index (χ1) is 24.9. The second-order valence-electron chi connectivity index (χ2n) is 15.2. The number of hydrogen-bond acceptors (Lipinski definition) is 10. The van der Waals surface area contributed by atoms with Crippen LogP contribution >= 0.6 is 11.6 Å². The highest BCUT2D eigenvalue weighted by molar-refractivity contribution is 7.90. The van der Waals surface area contributed by atoms with Gasteiger partial charge in [-0.25, -0.2) is 17.9 Å². The summed E-state index contributed by atoms with van der Waals surface area (Å²) in [6.07, 6.45) is 7.14. The van der Waals surface area contributed by atoms with E-state index in [9.17, 15) is 18.0 Å².